The Bertz CT molecular complexity index is 384. The third-order valence-corrected chi connectivity index (χ3v) is 33.5. The summed E-state index contributed by atoms with van der Waals surface area (Å²) in [7, 11) is 0. The van der Waals surface area contributed by atoms with Gasteiger partial charge in [0.15, 0.2) is 0 Å². The summed E-state index contributed by atoms with van der Waals surface area (Å²) >= 11 is -4.83. The Morgan fingerprint density at radius 3 is 0.929 bits per heavy atom. The number of hydrogen-bond donors (Lipinski definition) is 0. The van der Waals surface area contributed by atoms with Crippen molar-refractivity contribution in [1.29, 1.82) is 0 Å². The van der Waals surface area contributed by atoms with Gasteiger partial charge in [-0.15, -0.1) is 0 Å². The van der Waals surface area contributed by atoms with Crippen LogP contribution in [0.15, 0.2) is 0 Å². The second-order valence-electron chi connectivity index (χ2n) is 11.6. The van der Waals surface area contributed by atoms with Crippen LogP contribution in [-0.2, 0) is 7.53 Å². The first-order valence-electron chi connectivity index (χ1n) is 12.1. The topological polar surface area (TPSA) is 18.5 Å². The van der Waals surface area contributed by atoms with Crippen molar-refractivity contribution in [2.24, 2.45) is 5.41 Å². The summed E-state index contributed by atoms with van der Waals surface area (Å²) in [4.78, 5) is 0. The molecule has 0 N–H and O–H groups in total. The number of hydrogen-bond acceptors (Lipinski definition) is 2. The summed E-state index contributed by atoms with van der Waals surface area (Å²) < 4.78 is 18.4. The average Bonchev–Trinajstić information content (AvgIpc) is 2.50. The summed E-state index contributed by atoms with van der Waals surface area (Å²) in [6, 6.07) is 0. The van der Waals surface area contributed by atoms with Gasteiger partial charge in [-0.2, -0.15) is 0 Å². The summed E-state index contributed by atoms with van der Waals surface area (Å²) in [5.74, 6) is 0. The molecule has 1 aliphatic carbocycles. The molecule has 1 aliphatic rings. The molecule has 0 aliphatic heterocycles. The molecule has 1 saturated carbocycles. The number of rotatable bonds is 12. The molecule has 28 heavy (non-hydrogen) atoms. The summed E-state index contributed by atoms with van der Waals surface area (Å²) in [5, 5.41) is 0. The van der Waals surface area contributed by atoms with Gasteiger partial charge in [0.25, 0.3) is 0 Å². The molecule has 2 nitrogen and oxygen atoms in total. The fourth-order valence-electron chi connectivity index (χ4n) is 6.56. The quantitative estimate of drug-likeness (QED) is 0.241. The van der Waals surface area contributed by atoms with Crippen LogP contribution in [0.1, 0.15) is 102 Å². The molecule has 0 atom stereocenters. The molecule has 0 radical (unpaired) electrons. The van der Waals surface area contributed by atoms with Crippen LogP contribution in [0.4, 0.5) is 0 Å². The predicted octanol–water partition coefficient (Wildman–Crippen LogP) is 8.54. The monoisotopic (exact) mass is 520 g/mol. The zero-order valence-electron chi connectivity index (χ0n) is 21.3. The van der Waals surface area contributed by atoms with Crippen LogP contribution in [-0.4, -0.2) is 40.4 Å². The molecular weight excluding hydrogens is 465 g/mol. The molecule has 1 rings (SSSR count). The third-order valence-electron chi connectivity index (χ3n) is 8.09. The van der Waals surface area contributed by atoms with Crippen LogP contribution in [0, 0.1) is 5.41 Å². The molecule has 0 bridgehead atoms. The molecular formula is C24H52Ge2O2. The van der Waals surface area contributed by atoms with Gasteiger partial charge in [0.2, 0.25) is 0 Å². The van der Waals surface area contributed by atoms with Crippen molar-refractivity contribution in [3.05, 3.63) is 0 Å². The molecule has 0 saturated heterocycles. The van der Waals surface area contributed by atoms with E-state index in [-0.39, 0.29) is 0 Å². The van der Waals surface area contributed by atoms with E-state index in [1.165, 1.54) is 19.3 Å². The van der Waals surface area contributed by atoms with Crippen molar-refractivity contribution in [2.75, 3.05) is 13.2 Å². The molecule has 0 spiro atoms. The maximum absolute atomic E-state index is 7.10. The van der Waals surface area contributed by atoms with E-state index >= 15 is 0 Å². The fraction of sp³-hybridized carbons (Fsp3) is 1.00. The van der Waals surface area contributed by atoms with E-state index < -0.39 is 27.2 Å². The Labute approximate surface area is 183 Å². The average molecular weight is 518 g/mol. The zero-order chi connectivity index (χ0) is 21.9. The van der Waals surface area contributed by atoms with E-state index in [1.54, 1.807) is 0 Å². The van der Waals surface area contributed by atoms with E-state index in [2.05, 4.69) is 83.1 Å². The van der Waals surface area contributed by atoms with Crippen LogP contribution in [0.25, 0.3) is 0 Å². The Morgan fingerprint density at radius 1 is 0.536 bits per heavy atom. The van der Waals surface area contributed by atoms with Gasteiger partial charge in [0.1, 0.15) is 0 Å². The standard InChI is InChI=1S/C24H52Ge2O2/c1-18(2)25(19(3)4,20(5)6)27-16-24(14-13-15-24)17-28-26(21(7)8,22(9)10)23(11)12/h18-23H,13-17H2,1-12H3. The van der Waals surface area contributed by atoms with Crippen LogP contribution >= 0.6 is 0 Å². The Morgan fingerprint density at radius 2 is 0.786 bits per heavy atom. The molecule has 0 aromatic carbocycles. The van der Waals surface area contributed by atoms with Crippen LogP contribution < -0.4 is 0 Å². The third kappa shape index (κ3) is 5.25. The molecule has 0 heterocycles. The van der Waals surface area contributed by atoms with Gasteiger partial charge in [0, 0.05) is 0 Å². The second kappa shape index (κ2) is 10.5. The minimum atomic E-state index is -2.41. The molecule has 0 unspecified atom stereocenters. The van der Waals surface area contributed by atoms with Gasteiger partial charge in [0.05, 0.1) is 0 Å². The Balaban J connectivity index is 3.00. The van der Waals surface area contributed by atoms with E-state index in [9.17, 15) is 0 Å². The van der Waals surface area contributed by atoms with Crippen LogP contribution in [0.5, 0.6) is 0 Å². The Hall–Kier alpha value is 1.01. The van der Waals surface area contributed by atoms with Gasteiger partial charge in [-0.25, -0.2) is 0 Å². The van der Waals surface area contributed by atoms with Gasteiger partial charge >= 0.3 is 184 Å². The normalized spacial score (nSPS) is 18.2. The minimum absolute atomic E-state index is 0.296. The fourth-order valence-corrected chi connectivity index (χ4v) is 29.9. The SMILES string of the molecule is C[CH](C)[Ge]([O]CC1(C[O][Ge]([CH](C)C)([CH](C)C)[CH](C)C)CCC1)([CH](C)C)[CH](C)C. The van der Waals surface area contributed by atoms with Crippen molar-refractivity contribution < 1.29 is 7.53 Å². The molecule has 0 aromatic rings. The van der Waals surface area contributed by atoms with Crippen molar-refractivity contribution >= 4 is 27.2 Å². The first-order chi connectivity index (χ1) is 12.8. The van der Waals surface area contributed by atoms with Crippen molar-refractivity contribution in [1.82, 2.24) is 0 Å². The van der Waals surface area contributed by atoms with Crippen LogP contribution in [0.2, 0.25) is 28.5 Å². The van der Waals surface area contributed by atoms with E-state index in [4.69, 9.17) is 7.53 Å². The first-order valence-corrected chi connectivity index (χ1v) is 21.0. The summed E-state index contributed by atoms with van der Waals surface area (Å²) in [5.41, 5.74) is 0.296. The van der Waals surface area contributed by atoms with Crippen molar-refractivity contribution in [3.63, 3.8) is 0 Å². The van der Waals surface area contributed by atoms with Gasteiger partial charge in [-0.1, -0.05) is 0 Å². The molecule has 0 amide bonds. The Kier molecular flexibility index (Phi) is 10.2. The summed E-state index contributed by atoms with van der Waals surface area (Å²) in [6.45, 7) is 30.9. The van der Waals surface area contributed by atoms with Gasteiger partial charge < -0.3 is 0 Å². The van der Waals surface area contributed by atoms with Crippen LogP contribution in [0.3, 0.4) is 0 Å². The second-order valence-corrected chi connectivity index (χ2v) is 34.5. The van der Waals surface area contributed by atoms with E-state index in [1.807, 2.05) is 0 Å². The molecule has 0 aromatic heterocycles. The van der Waals surface area contributed by atoms with E-state index in [0.717, 1.165) is 13.2 Å². The van der Waals surface area contributed by atoms with E-state index in [0.29, 0.717) is 33.9 Å². The van der Waals surface area contributed by atoms with Crippen molar-refractivity contribution in [3.8, 4) is 0 Å². The summed E-state index contributed by atoms with van der Waals surface area (Å²) in [6.07, 6.45) is 3.95. The zero-order valence-corrected chi connectivity index (χ0v) is 25.5. The van der Waals surface area contributed by atoms with Gasteiger partial charge in [-0.3, -0.25) is 0 Å². The molecule has 1 fully saturated rings. The predicted molar refractivity (Wildman–Crippen MR) is 130 cm³/mol. The maximum atomic E-state index is 7.10. The molecule has 168 valence electrons. The first kappa shape index (κ1) is 27.0. The van der Waals surface area contributed by atoms with Gasteiger partial charge in [-0.05, 0) is 0 Å². The van der Waals surface area contributed by atoms with Crippen molar-refractivity contribution in [2.45, 2.75) is 131 Å². The molecule has 4 heteroatoms.